The van der Waals surface area contributed by atoms with Crippen molar-refractivity contribution in [2.75, 3.05) is 18.0 Å². The van der Waals surface area contributed by atoms with Crippen LogP contribution in [0.5, 0.6) is 0 Å². The van der Waals surface area contributed by atoms with Crippen LogP contribution in [0.2, 0.25) is 0 Å². The van der Waals surface area contributed by atoms with Crippen LogP contribution in [-0.2, 0) is 0 Å². The molecule has 1 aromatic rings. The molecule has 1 aromatic heterocycles. The van der Waals surface area contributed by atoms with Gasteiger partial charge in [0.1, 0.15) is 5.56 Å². The summed E-state index contributed by atoms with van der Waals surface area (Å²) in [4.78, 5) is 17.9. The summed E-state index contributed by atoms with van der Waals surface area (Å²) in [5.41, 5.74) is 2.68. The number of aryl methyl sites for hydroxylation is 2. The maximum absolute atomic E-state index is 11.4. The Morgan fingerprint density at radius 2 is 2.22 bits per heavy atom. The summed E-state index contributed by atoms with van der Waals surface area (Å²) in [5, 5.41) is 9.37. The van der Waals surface area contributed by atoms with E-state index in [1.54, 1.807) is 6.92 Å². The summed E-state index contributed by atoms with van der Waals surface area (Å²) < 4.78 is 0. The van der Waals surface area contributed by atoms with E-state index >= 15 is 0 Å². The normalized spacial score (nSPS) is 19.9. The van der Waals surface area contributed by atoms with Crippen molar-refractivity contribution in [1.82, 2.24) is 4.98 Å². The van der Waals surface area contributed by atoms with Gasteiger partial charge in [0.25, 0.3) is 0 Å². The molecule has 1 atom stereocenters. The quantitative estimate of drug-likeness (QED) is 0.874. The fourth-order valence-corrected chi connectivity index (χ4v) is 2.73. The van der Waals surface area contributed by atoms with E-state index in [2.05, 4.69) is 16.8 Å². The van der Waals surface area contributed by atoms with E-state index < -0.39 is 5.97 Å². The number of aromatic carboxylic acids is 1. The van der Waals surface area contributed by atoms with Crippen LogP contribution in [0.3, 0.4) is 0 Å². The maximum atomic E-state index is 11.4. The zero-order chi connectivity index (χ0) is 13.3. The van der Waals surface area contributed by atoms with Gasteiger partial charge in [-0.25, -0.2) is 4.79 Å². The van der Waals surface area contributed by atoms with E-state index in [1.165, 1.54) is 6.42 Å². The number of piperidine rings is 1. The van der Waals surface area contributed by atoms with Gasteiger partial charge in [0, 0.05) is 18.8 Å². The van der Waals surface area contributed by atoms with Gasteiger partial charge in [-0.2, -0.15) is 0 Å². The molecule has 0 radical (unpaired) electrons. The number of hydrogen-bond acceptors (Lipinski definition) is 3. The van der Waals surface area contributed by atoms with Crippen LogP contribution in [0.1, 0.15) is 41.5 Å². The number of carbonyl (C=O) groups is 1. The minimum Gasteiger partial charge on any atom is -0.478 e. The first-order valence-corrected chi connectivity index (χ1v) is 6.45. The predicted octanol–water partition coefficient (Wildman–Crippen LogP) is 2.63. The number of rotatable bonds is 2. The van der Waals surface area contributed by atoms with Crippen LogP contribution >= 0.6 is 0 Å². The third kappa shape index (κ3) is 2.47. The molecule has 0 spiro atoms. The van der Waals surface area contributed by atoms with Crippen LogP contribution < -0.4 is 4.90 Å². The Hall–Kier alpha value is -1.58. The van der Waals surface area contributed by atoms with Crippen LogP contribution in [-0.4, -0.2) is 29.1 Å². The highest BCUT2D eigenvalue weighted by Gasteiger charge is 2.23. The van der Waals surface area contributed by atoms with Crippen molar-refractivity contribution in [3.63, 3.8) is 0 Å². The Morgan fingerprint density at radius 1 is 1.50 bits per heavy atom. The van der Waals surface area contributed by atoms with E-state index in [-0.39, 0.29) is 0 Å². The van der Waals surface area contributed by atoms with Gasteiger partial charge in [0.05, 0.1) is 11.4 Å². The van der Waals surface area contributed by atoms with E-state index in [9.17, 15) is 9.90 Å². The first-order chi connectivity index (χ1) is 8.49. The summed E-state index contributed by atoms with van der Waals surface area (Å²) in [6.45, 7) is 7.77. The molecule has 1 unspecified atom stereocenters. The zero-order valence-corrected chi connectivity index (χ0v) is 11.2. The first-order valence-electron chi connectivity index (χ1n) is 6.45. The van der Waals surface area contributed by atoms with Crippen molar-refractivity contribution in [2.45, 2.75) is 33.6 Å². The average Bonchev–Trinajstić information content (AvgIpc) is 2.27. The molecule has 2 heterocycles. The zero-order valence-electron chi connectivity index (χ0n) is 11.2. The smallest absolute Gasteiger partial charge is 0.339 e. The molecule has 1 N–H and O–H groups in total. The fraction of sp³-hybridized carbons (Fsp3) is 0.571. The monoisotopic (exact) mass is 248 g/mol. The highest BCUT2D eigenvalue weighted by molar-refractivity contribution is 5.95. The predicted molar refractivity (Wildman–Crippen MR) is 71.3 cm³/mol. The molecule has 1 aliphatic rings. The van der Waals surface area contributed by atoms with Gasteiger partial charge < -0.3 is 10.0 Å². The Kier molecular flexibility index (Phi) is 3.55. The number of hydrogen-bond donors (Lipinski definition) is 1. The molecule has 0 aliphatic carbocycles. The molecule has 0 bridgehead atoms. The van der Waals surface area contributed by atoms with E-state index in [0.717, 1.165) is 30.9 Å². The highest BCUT2D eigenvalue weighted by atomic mass is 16.4. The molecule has 1 fully saturated rings. The summed E-state index contributed by atoms with van der Waals surface area (Å²) >= 11 is 0. The van der Waals surface area contributed by atoms with Crippen molar-refractivity contribution < 1.29 is 9.90 Å². The number of anilines is 1. The van der Waals surface area contributed by atoms with E-state index in [4.69, 9.17) is 0 Å². The number of carboxylic acids is 1. The molecule has 0 saturated carbocycles. The molecule has 0 aromatic carbocycles. The van der Waals surface area contributed by atoms with Crippen molar-refractivity contribution in [1.29, 1.82) is 0 Å². The minimum absolute atomic E-state index is 0.356. The lowest BCUT2D eigenvalue weighted by atomic mass is 9.98. The largest absolute Gasteiger partial charge is 0.478 e. The second-order valence-corrected chi connectivity index (χ2v) is 5.24. The molecule has 98 valence electrons. The third-order valence-electron chi connectivity index (χ3n) is 3.52. The summed E-state index contributed by atoms with van der Waals surface area (Å²) in [6, 6.07) is 1.90. The molecular weight excluding hydrogens is 228 g/mol. The minimum atomic E-state index is -0.881. The number of nitrogens with zero attached hydrogens (tertiary/aromatic N) is 2. The summed E-state index contributed by atoms with van der Waals surface area (Å²) in [5.74, 6) is -0.262. The molecular formula is C14H20N2O2. The lowest BCUT2D eigenvalue weighted by molar-refractivity contribution is 0.0696. The number of carboxylic acid groups (broad SMARTS) is 1. The topological polar surface area (TPSA) is 53.4 Å². The first kappa shape index (κ1) is 12.9. The average molecular weight is 248 g/mol. The van der Waals surface area contributed by atoms with Gasteiger partial charge in [-0.1, -0.05) is 6.92 Å². The van der Waals surface area contributed by atoms with Crippen molar-refractivity contribution in [3.8, 4) is 0 Å². The molecule has 4 heteroatoms. The van der Waals surface area contributed by atoms with Gasteiger partial charge in [-0.05, 0) is 38.7 Å². The standard InChI is InChI=1S/C14H20N2O2/c1-9-5-4-6-16(8-9)12-7-10(2)15-11(3)13(12)14(17)18/h7,9H,4-6,8H2,1-3H3,(H,17,18). The van der Waals surface area contributed by atoms with Crippen LogP contribution in [0, 0.1) is 19.8 Å². The van der Waals surface area contributed by atoms with Gasteiger partial charge in [0.2, 0.25) is 0 Å². The molecule has 0 amide bonds. The van der Waals surface area contributed by atoms with Gasteiger partial charge >= 0.3 is 5.97 Å². The van der Waals surface area contributed by atoms with Crippen LogP contribution in [0.4, 0.5) is 5.69 Å². The Morgan fingerprint density at radius 3 is 2.83 bits per heavy atom. The number of pyridine rings is 1. The summed E-state index contributed by atoms with van der Waals surface area (Å²) in [6.07, 6.45) is 2.35. The Bertz CT molecular complexity index is 471. The van der Waals surface area contributed by atoms with E-state index in [1.807, 2.05) is 13.0 Å². The SMILES string of the molecule is Cc1cc(N2CCCC(C)C2)c(C(=O)O)c(C)n1. The maximum Gasteiger partial charge on any atom is 0.339 e. The lowest BCUT2D eigenvalue weighted by Gasteiger charge is -2.34. The molecule has 1 saturated heterocycles. The third-order valence-corrected chi connectivity index (χ3v) is 3.52. The second-order valence-electron chi connectivity index (χ2n) is 5.24. The van der Waals surface area contributed by atoms with Gasteiger partial charge in [-0.3, -0.25) is 4.98 Å². The number of aromatic nitrogens is 1. The van der Waals surface area contributed by atoms with Crippen LogP contribution in [0.25, 0.3) is 0 Å². The van der Waals surface area contributed by atoms with Gasteiger partial charge in [-0.15, -0.1) is 0 Å². The molecule has 4 nitrogen and oxygen atoms in total. The Balaban J connectivity index is 2.44. The second kappa shape index (κ2) is 4.96. The lowest BCUT2D eigenvalue weighted by Crippen LogP contribution is -2.35. The highest BCUT2D eigenvalue weighted by Crippen LogP contribution is 2.28. The van der Waals surface area contributed by atoms with Crippen molar-refractivity contribution in [3.05, 3.63) is 23.0 Å². The van der Waals surface area contributed by atoms with Crippen LogP contribution in [0.15, 0.2) is 6.07 Å². The van der Waals surface area contributed by atoms with Gasteiger partial charge in [0.15, 0.2) is 0 Å². The van der Waals surface area contributed by atoms with Crippen molar-refractivity contribution in [2.24, 2.45) is 5.92 Å². The molecule has 18 heavy (non-hydrogen) atoms. The van der Waals surface area contributed by atoms with E-state index in [0.29, 0.717) is 17.2 Å². The Labute approximate surface area is 108 Å². The molecule has 2 rings (SSSR count). The fourth-order valence-electron chi connectivity index (χ4n) is 2.73. The van der Waals surface area contributed by atoms with Crippen molar-refractivity contribution >= 4 is 11.7 Å². The molecule has 1 aliphatic heterocycles. The summed E-state index contributed by atoms with van der Waals surface area (Å²) in [7, 11) is 0.